The molecule has 1 saturated heterocycles. The van der Waals surface area contributed by atoms with Crippen LogP contribution in [0, 0.1) is 5.92 Å². The molecule has 0 bridgehead atoms. The van der Waals surface area contributed by atoms with Gasteiger partial charge in [0.1, 0.15) is 24.2 Å². The minimum atomic E-state index is -0.731. The van der Waals surface area contributed by atoms with Crippen LogP contribution in [0.25, 0.3) is 11.2 Å². The van der Waals surface area contributed by atoms with E-state index in [-0.39, 0.29) is 24.4 Å². The minimum Gasteiger partial charge on any atom is -0.466 e. The summed E-state index contributed by atoms with van der Waals surface area (Å²) in [6.07, 6.45) is 2.31. The third-order valence-corrected chi connectivity index (χ3v) is 4.81. The summed E-state index contributed by atoms with van der Waals surface area (Å²) < 4.78 is 12.5. The highest BCUT2D eigenvalue weighted by molar-refractivity contribution is 5.81. The lowest BCUT2D eigenvalue weighted by atomic mass is 10.2. The molecule has 0 unspecified atom stereocenters. The zero-order valence-electron chi connectivity index (χ0n) is 13.8. The van der Waals surface area contributed by atoms with Crippen LogP contribution in [-0.4, -0.2) is 61.1 Å². The second kappa shape index (κ2) is 6.32. The van der Waals surface area contributed by atoms with Crippen molar-refractivity contribution in [3.8, 4) is 0 Å². The smallest absolute Gasteiger partial charge is 0.309 e. The standard InChI is InChI=1S/C16H20N4O5/c1-2-24-16(23)9-3-8(9)13-14-15(18-6-17-13)20(7-19-14)12-4-10(22)11(5-21)25-12/h6-12,21-22H,2-5H2,1H3/t8-,9-,10-,11+,12+/m0/s1. The summed E-state index contributed by atoms with van der Waals surface area (Å²) in [6.45, 7) is 1.91. The van der Waals surface area contributed by atoms with E-state index in [1.807, 2.05) is 0 Å². The number of carbonyl (C=O) groups is 1. The van der Waals surface area contributed by atoms with Crippen LogP contribution in [0.1, 0.15) is 37.6 Å². The van der Waals surface area contributed by atoms with E-state index in [1.165, 1.54) is 6.33 Å². The maximum Gasteiger partial charge on any atom is 0.309 e. The van der Waals surface area contributed by atoms with Gasteiger partial charge in [-0.15, -0.1) is 0 Å². The first-order valence-electron chi connectivity index (χ1n) is 8.42. The number of carbonyl (C=O) groups excluding carboxylic acids is 1. The monoisotopic (exact) mass is 348 g/mol. The Morgan fingerprint density at radius 3 is 2.96 bits per heavy atom. The summed E-state index contributed by atoms with van der Waals surface area (Å²) in [5, 5.41) is 19.2. The number of ether oxygens (including phenoxy) is 2. The van der Waals surface area contributed by atoms with E-state index in [1.54, 1.807) is 17.8 Å². The predicted molar refractivity (Wildman–Crippen MR) is 84.4 cm³/mol. The Bertz CT molecular complexity index is 794. The van der Waals surface area contributed by atoms with Crippen molar-refractivity contribution in [3.05, 3.63) is 18.3 Å². The van der Waals surface area contributed by atoms with E-state index < -0.39 is 18.4 Å². The number of hydrogen-bond acceptors (Lipinski definition) is 8. The quantitative estimate of drug-likeness (QED) is 0.732. The topological polar surface area (TPSA) is 120 Å². The predicted octanol–water partition coefficient (Wildman–Crippen LogP) is 0.134. The third kappa shape index (κ3) is 2.78. The molecular weight excluding hydrogens is 328 g/mol. The molecule has 2 aliphatic rings. The molecular formula is C16H20N4O5. The third-order valence-electron chi connectivity index (χ3n) is 4.81. The van der Waals surface area contributed by atoms with Crippen LogP contribution in [0.3, 0.4) is 0 Å². The van der Waals surface area contributed by atoms with Crippen molar-refractivity contribution in [3.63, 3.8) is 0 Å². The number of fused-ring (bicyclic) bond motifs is 1. The van der Waals surface area contributed by atoms with Crippen molar-refractivity contribution in [2.75, 3.05) is 13.2 Å². The molecule has 0 radical (unpaired) electrons. The lowest BCUT2D eigenvalue weighted by molar-refractivity contribution is -0.144. The SMILES string of the molecule is CCOC(=O)[C@H]1C[C@@H]1c1ncnc2c1ncn2[C@H]1C[C@H](O)[C@@H](CO)O1. The molecule has 9 heteroatoms. The van der Waals surface area contributed by atoms with Gasteiger partial charge in [0.05, 0.1) is 37.3 Å². The largest absolute Gasteiger partial charge is 0.466 e. The number of nitrogens with zero attached hydrogens (tertiary/aromatic N) is 4. The van der Waals surface area contributed by atoms with Gasteiger partial charge in [-0.1, -0.05) is 0 Å². The molecule has 5 atom stereocenters. The first kappa shape index (κ1) is 16.4. The van der Waals surface area contributed by atoms with Gasteiger partial charge in [-0.2, -0.15) is 0 Å². The highest BCUT2D eigenvalue weighted by Gasteiger charge is 2.47. The summed E-state index contributed by atoms with van der Waals surface area (Å²) in [5.41, 5.74) is 1.96. The van der Waals surface area contributed by atoms with Gasteiger partial charge >= 0.3 is 5.97 Å². The normalized spacial score (nSPS) is 31.4. The van der Waals surface area contributed by atoms with E-state index in [0.717, 1.165) is 5.69 Å². The Hall–Kier alpha value is -2.10. The Labute approximate surface area is 143 Å². The lowest BCUT2D eigenvalue weighted by Gasteiger charge is -2.13. The second-order valence-electron chi connectivity index (χ2n) is 6.40. The molecule has 9 nitrogen and oxygen atoms in total. The zero-order valence-corrected chi connectivity index (χ0v) is 13.8. The van der Waals surface area contributed by atoms with Crippen molar-refractivity contribution < 1.29 is 24.5 Å². The van der Waals surface area contributed by atoms with Crippen molar-refractivity contribution in [1.29, 1.82) is 0 Å². The number of aliphatic hydroxyl groups excluding tert-OH is 2. The molecule has 1 aliphatic heterocycles. The highest BCUT2D eigenvalue weighted by Crippen LogP contribution is 2.49. The molecule has 2 aromatic rings. The van der Waals surface area contributed by atoms with E-state index in [0.29, 0.717) is 30.6 Å². The molecule has 4 rings (SSSR count). The lowest BCUT2D eigenvalue weighted by Crippen LogP contribution is -2.24. The van der Waals surface area contributed by atoms with E-state index in [9.17, 15) is 15.0 Å². The van der Waals surface area contributed by atoms with Crippen LogP contribution in [0.2, 0.25) is 0 Å². The summed E-state index contributed by atoms with van der Waals surface area (Å²) >= 11 is 0. The van der Waals surface area contributed by atoms with Gasteiger partial charge in [-0.3, -0.25) is 9.36 Å². The van der Waals surface area contributed by atoms with Crippen molar-refractivity contribution in [1.82, 2.24) is 19.5 Å². The maximum absolute atomic E-state index is 11.9. The van der Waals surface area contributed by atoms with Crippen LogP contribution in [0.4, 0.5) is 0 Å². The van der Waals surface area contributed by atoms with E-state index >= 15 is 0 Å². The molecule has 0 aromatic carbocycles. The van der Waals surface area contributed by atoms with Crippen LogP contribution < -0.4 is 0 Å². The van der Waals surface area contributed by atoms with E-state index in [4.69, 9.17) is 9.47 Å². The molecule has 1 aliphatic carbocycles. The molecule has 0 amide bonds. The number of aromatic nitrogens is 4. The Kier molecular flexibility index (Phi) is 4.14. The number of aliphatic hydroxyl groups is 2. The number of hydrogen-bond donors (Lipinski definition) is 2. The van der Waals surface area contributed by atoms with Gasteiger partial charge in [0.2, 0.25) is 0 Å². The fraction of sp³-hybridized carbons (Fsp3) is 0.625. The average Bonchev–Trinajstić information content (AvgIpc) is 3.15. The number of rotatable bonds is 5. The number of imidazole rings is 1. The van der Waals surface area contributed by atoms with Crippen LogP contribution in [-0.2, 0) is 14.3 Å². The molecule has 1 saturated carbocycles. The van der Waals surface area contributed by atoms with Crippen molar-refractivity contribution in [2.24, 2.45) is 5.92 Å². The molecule has 134 valence electrons. The van der Waals surface area contributed by atoms with Gasteiger partial charge in [-0.05, 0) is 13.3 Å². The van der Waals surface area contributed by atoms with Crippen LogP contribution >= 0.6 is 0 Å². The summed E-state index contributed by atoms with van der Waals surface area (Å²) in [7, 11) is 0. The Balaban J connectivity index is 1.61. The summed E-state index contributed by atoms with van der Waals surface area (Å²) in [5.74, 6) is -0.383. The summed E-state index contributed by atoms with van der Waals surface area (Å²) in [6, 6.07) is 0. The molecule has 2 N–H and O–H groups in total. The molecule has 3 heterocycles. The van der Waals surface area contributed by atoms with Gasteiger partial charge < -0.3 is 19.7 Å². The van der Waals surface area contributed by atoms with Gasteiger partial charge in [0, 0.05) is 12.3 Å². The van der Waals surface area contributed by atoms with Crippen LogP contribution in [0.5, 0.6) is 0 Å². The van der Waals surface area contributed by atoms with Gasteiger partial charge in [0.15, 0.2) is 5.65 Å². The van der Waals surface area contributed by atoms with Crippen molar-refractivity contribution in [2.45, 2.75) is 44.1 Å². The zero-order chi connectivity index (χ0) is 17.6. The number of esters is 1. The van der Waals surface area contributed by atoms with Gasteiger partial charge in [0.25, 0.3) is 0 Å². The fourth-order valence-corrected chi connectivity index (χ4v) is 3.41. The Morgan fingerprint density at radius 1 is 1.40 bits per heavy atom. The van der Waals surface area contributed by atoms with Crippen molar-refractivity contribution >= 4 is 17.1 Å². The molecule has 25 heavy (non-hydrogen) atoms. The minimum absolute atomic E-state index is 0.00632. The van der Waals surface area contributed by atoms with E-state index in [2.05, 4.69) is 15.0 Å². The average molecular weight is 348 g/mol. The molecule has 2 aromatic heterocycles. The summed E-state index contributed by atoms with van der Waals surface area (Å²) in [4.78, 5) is 24.9. The second-order valence-corrected chi connectivity index (χ2v) is 6.40. The first-order chi connectivity index (χ1) is 12.1. The molecule has 2 fully saturated rings. The fourth-order valence-electron chi connectivity index (χ4n) is 3.41. The Morgan fingerprint density at radius 2 is 2.24 bits per heavy atom. The first-order valence-corrected chi connectivity index (χ1v) is 8.42. The molecule has 0 spiro atoms. The van der Waals surface area contributed by atoms with Crippen LogP contribution in [0.15, 0.2) is 12.7 Å². The van der Waals surface area contributed by atoms with Gasteiger partial charge in [-0.25, -0.2) is 15.0 Å². The highest BCUT2D eigenvalue weighted by atomic mass is 16.5. The maximum atomic E-state index is 11.9.